The molecular formula is C14H15N3O6. The van der Waals surface area contributed by atoms with Crippen LogP contribution in [0.1, 0.15) is 24.2 Å². The number of phenols is 2. The summed E-state index contributed by atoms with van der Waals surface area (Å²) in [6.45, 7) is 3.94. The Bertz CT molecular complexity index is 690. The Kier molecular flexibility index (Phi) is 5.62. The maximum atomic E-state index is 12.3. The average Bonchev–Trinajstić information content (AvgIpc) is 2.51. The standard InChI is InChI=1S/C14H15N3O6/c1-3-16(4-2)14(21)9(7-15)12(19)8-5-10(17(22)23)13(20)11(18)6-8/h5-6,9,18,20H,3-4H2,1-2H3. The molecule has 0 spiro atoms. The number of hydrogen-bond acceptors (Lipinski definition) is 7. The van der Waals surface area contributed by atoms with E-state index in [-0.39, 0.29) is 0 Å². The van der Waals surface area contributed by atoms with Gasteiger partial charge in [-0.05, 0) is 19.9 Å². The Morgan fingerprint density at radius 2 is 1.91 bits per heavy atom. The second-order valence-corrected chi connectivity index (χ2v) is 4.56. The minimum atomic E-state index is -1.68. The molecule has 0 saturated carbocycles. The second-order valence-electron chi connectivity index (χ2n) is 4.56. The van der Waals surface area contributed by atoms with Gasteiger partial charge in [0.05, 0.1) is 11.0 Å². The van der Waals surface area contributed by atoms with Crippen molar-refractivity contribution >= 4 is 17.4 Å². The third-order valence-corrected chi connectivity index (χ3v) is 3.26. The number of carbonyl (C=O) groups excluding carboxylic acids is 2. The lowest BCUT2D eigenvalue weighted by atomic mass is 9.96. The molecular weight excluding hydrogens is 306 g/mol. The molecule has 0 aromatic heterocycles. The van der Waals surface area contributed by atoms with Gasteiger partial charge < -0.3 is 15.1 Å². The fourth-order valence-corrected chi connectivity index (χ4v) is 2.00. The third-order valence-electron chi connectivity index (χ3n) is 3.26. The molecule has 0 radical (unpaired) electrons. The van der Waals surface area contributed by atoms with Crippen LogP contribution in [-0.2, 0) is 4.79 Å². The summed E-state index contributed by atoms with van der Waals surface area (Å²) in [7, 11) is 0. The van der Waals surface area contributed by atoms with Crippen LogP contribution in [0.15, 0.2) is 12.1 Å². The highest BCUT2D eigenvalue weighted by Gasteiger charge is 2.32. The van der Waals surface area contributed by atoms with Crippen LogP contribution in [0.4, 0.5) is 5.69 Å². The van der Waals surface area contributed by atoms with Crippen LogP contribution in [0.5, 0.6) is 11.5 Å². The molecule has 1 amide bonds. The van der Waals surface area contributed by atoms with Gasteiger partial charge in [-0.2, -0.15) is 5.26 Å². The number of nitro benzene ring substituents is 1. The molecule has 0 saturated heterocycles. The first-order chi connectivity index (χ1) is 10.8. The molecule has 0 aliphatic rings. The quantitative estimate of drug-likeness (QED) is 0.263. The molecule has 0 aliphatic heterocycles. The number of aromatic hydroxyl groups is 2. The minimum Gasteiger partial charge on any atom is -0.504 e. The lowest BCUT2D eigenvalue weighted by molar-refractivity contribution is -0.386. The molecule has 1 rings (SSSR count). The van der Waals surface area contributed by atoms with E-state index in [0.717, 1.165) is 12.1 Å². The van der Waals surface area contributed by atoms with Crippen LogP contribution in [0.3, 0.4) is 0 Å². The lowest BCUT2D eigenvalue weighted by Crippen LogP contribution is -2.38. The second kappa shape index (κ2) is 7.22. The Hall–Kier alpha value is -3.15. The molecule has 2 N–H and O–H groups in total. The maximum absolute atomic E-state index is 12.3. The number of hydrogen-bond donors (Lipinski definition) is 2. The predicted molar refractivity (Wildman–Crippen MR) is 77.8 cm³/mol. The van der Waals surface area contributed by atoms with Gasteiger partial charge in [0.2, 0.25) is 11.7 Å². The zero-order chi connectivity index (χ0) is 17.7. The summed E-state index contributed by atoms with van der Waals surface area (Å²) < 4.78 is 0. The average molecular weight is 321 g/mol. The van der Waals surface area contributed by atoms with Gasteiger partial charge in [0.25, 0.3) is 0 Å². The molecule has 0 bridgehead atoms. The first-order valence-electron chi connectivity index (χ1n) is 6.71. The van der Waals surface area contributed by atoms with Crippen molar-refractivity contribution in [3.8, 4) is 17.6 Å². The van der Waals surface area contributed by atoms with Crippen molar-refractivity contribution in [2.45, 2.75) is 13.8 Å². The van der Waals surface area contributed by atoms with Gasteiger partial charge in [0, 0.05) is 24.7 Å². The number of nitro groups is 1. The molecule has 9 nitrogen and oxygen atoms in total. The Morgan fingerprint density at radius 1 is 1.35 bits per heavy atom. The van der Waals surface area contributed by atoms with E-state index < -0.39 is 45.3 Å². The van der Waals surface area contributed by atoms with E-state index in [1.165, 1.54) is 4.90 Å². The van der Waals surface area contributed by atoms with Gasteiger partial charge in [-0.1, -0.05) is 0 Å². The first kappa shape index (κ1) is 17.9. The fraction of sp³-hybridized carbons (Fsp3) is 0.357. The molecule has 1 unspecified atom stereocenters. The van der Waals surface area contributed by atoms with E-state index in [0.29, 0.717) is 13.1 Å². The third kappa shape index (κ3) is 3.55. The number of nitriles is 1. The van der Waals surface area contributed by atoms with E-state index >= 15 is 0 Å². The first-order valence-corrected chi connectivity index (χ1v) is 6.71. The highest BCUT2D eigenvalue weighted by atomic mass is 16.6. The van der Waals surface area contributed by atoms with Crippen molar-refractivity contribution in [1.82, 2.24) is 4.90 Å². The minimum absolute atomic E-state index is 0.293. The van der Waals surface area contributed by atoms with Gasteiger partial charge in [-0.3, -0.25) is 19.7 Å². The smallest absolute Gasteiger partial charge is 0.315 e. The zero-order valence-corrected chi connectivity index (χ0v) is 12.5. The number of phenolic OH excluding ortho intramolecular Hbond substituents is 2. The summed E-state index contributed by atoms with van der Waals surface area (Å²) in [5, 5.41) is 38.8. The Morgan fingerprint density at radius 3 is 2.35 bits per heavy atom. The summed E-state index contributed by atoms with van der Waals surface area (Å²) in [6.07, 6.45) is 0. The normalized spacial score (nSPS) is 11.3. The van der Waals surface area contributed by atoms with Crippen LogP contribution >= 0.6 is 0 Å². The van der Waals surface area contributed by atoms with Crippen LogP contribution < -0.4 is 0 Å². The van der Waals surface area contributed by atoms with Gasteiger partial charge in [0.15, 0.2) is 17.5 Å². The van der Waals surface area contributed by atoms with Crippen LogP contribution in [0, 0.1) is 27.4 Å². The topological polar surface area (TPSA) is 145 Å². The van der Waals surface area contributed by atoms with E-state index in [2.05, 4.69) is 0 Å². The van der Waals surface area contributed by atoms with E-state index in [1.807, 2.05) is 0 Å². The van der Waals surface area contributed by atoms with Gasteiger partial charge >= 0.3 is 5.69 Å². The molecule has 1 aromatic carbocycles. The van der Waals surface area contributed by atoms with Crippen molar-refractivity contribution < 1.29 is 24.7 Å². The van der Waals surface area contributed by atoms with Crippen molar-refractivity contribution in [3.05, 3.63) is 27.8 Å². The Balaban J connectivity index is 3.30. The van der Waals surface area contributed by atoms with Crippen molar-refractivity contribution in [2.24, 2.45) is 5.92 Å². The summed E-state index contributed by atoms with van der Waals surface area (Å²) in [4.78, 5) is 35.6. The molecule has 23 heavy (non-hydrogen) atoms. The number of carbonyl (C=O) groups is 2. The van der Waals surface area contributed by atoms with E-state index in [4.69, 9.17) is 5.26 Å². The number of nitrogens with zero attached hydrogens (tertiary/aromatic N) is 3. The highest BCUT2D eigenvalue weighted by Crippen LogP contribution is 2.36. The summed E-state index contributed by atoms with van der Waals surface area (Å²) in [5.41, 5.74) is -1.29. The molecule has 0 aliphatic carbocycles. The van der Waals surface area contributed by atoms with Crippen LogP contribution in [-0.4, -0.2) is 44.8 Å². The molecule has 1 aromatic rings. The van der Waals surface area contributed by atoms with Gasteiger partial charge in [0.1, 0.15) is 0 Å². The predicted octanol–water partition coefficient (Wildman–Crippen LogP) is 1.20. The number of benzene rings is 1. The Labute approximate surface area is 131 Å². The zero-order valence-electron chi connectivity index (χ0n) is 12.5. The molecule has 0 fully saturated rings. The van der Waals surface area contributed by atoms with Crippen molar-refractivity contribution in [3.63, 3.8) is 0 Å². The molecule has 122 valence electrons. The van der Waals surface area contributed by atoms with Gasteiger partial charge in [-0.25, -0.2) is 0 Å². The summed E-state index contributed by atoms with van der Waals surface area (Å²) in [5.74, 6) is -5.26. The maximum Gasteiger partial charge on any atom is 0.315 e. The lowest BCUT2D eigenvalue weighted by Gasteiger charge is -2.20. The van der Waals surface area contributed by atoms with E-state index in [1.54, 1.807) is 19.9 Å². The summed E-state index contributed by atoms with van der Waals surface area (Å²) >= 11 is 0. The van der Waals surface area contributed by atoms with Crippen molar-refractivity contribution in [1.29, 1.82) is 5.26 Å². The number of amides is 1. The number of ketones is 1. The van der Waals surface area contributed by atoms with Crippen molar-refractivity contribution in [2.75, 3.05) is 13.1 Å². The van der Waals surface area contributed by atoms with E-state index in [9.17, 15) is 29.9 Å². The number of rotatable bonds is 6. The van der Waals surface area contributed by atoms with Gasteiger partial charge in [-0.15, -0.1) is 0 Å². The molecule has 9 heteroatoms. The van der Waals surface area contributed by atoms with Crippen LogP contribution in [0.2, 0.25) is 0 Å². The largest absolute Gasteiger partial charge is 0.504 e. The van der Waals surface area contributed by atoms with Crippen LogP contribution in [0.25, 0.3) is 0 Å². The molecule has 0 heterocycles. The SMILES string of the molecule is CCN(CC)C(=O)C(C#N)C(=O)c1cc(O)c(O)c([N+](=O)[O-])c1. The highest BCUT2D eigenvalue weighted by molar-refractivity contribution is 6.12. The fourth-order valence-electron chi connectivity index (χ4n) is 2.00. The monoisotopic (exact) mass is 321 g/mol. The number of Topliss-reactive ketones (excluding diaryl/α,β-unsaturated/α-hetero) is 1. The summed E-state index contributed by atoms with van der Waals surface area (Å²) in [6, 6.07) is 3.08. The molecule has 1 atom stereocenters.